The minimum atomic E-state index is -2.76. The molecule has 0 aliphatic carbocycles. The fourth-order valence-electron chi connectivity index (χ4n) is 1.89. The molecule has 4 nitrogen and oxygen atoms in total. The second kappa shape index (κ2) is 25.1. The minimum Gasteiger partial charge on any atom is -0.793 e. The smallest absolute Gasteiger partial charge is 0.793 e. The molecule has 0 aromatic heterocycles. The van der Waals surface area contributed by atoms with Crippen molar-refractivity contribution in [1.29, 1.82) is 0 Å². The van der Waals surface area contributed by atoms with Gasteiger partial charge in [0, 0.05) is 11.4 Å². The molecule has 172 valence electrons. The van der Waals surface area contributed by atoms with Gasteiger partial charge in [-0.25, -0.2) is 0 Å². The summed E-state index contributed by atoms with van der Waals surface area (Å²) in [5, 5.41) is 0. The third-order valence-corrected chi connectivity index (χ3v) is 12.4. The van der Waals surface area contributed by atoms with Crippen molar-refractivity contribution in [1.82, 2.24) is 0 Å². The Kier molecular flexibility index (Phi) is 31.2. The van der Waals surface area contributed by atoms with Crippen LogP contribution in [0, 0.1) is 0 Å². The molecule has 0 bridgehead atoms. The fourth-order valence-corrected chi connectivity index (χ4v) is 8.68. The summed E-state index contributed by atoms with van der Waals surface area (Å²) in [5.41, 5.74) is -5.52. The number of hydrogen-bond acceptors (Lipinski definition) is 8. The number of rotatable bonds is 18. The van der Waals surface area contributed by atoms with Crippen LogP contribution in [-0.2, 0) is 52.1 Å². The van der Waals surface area contributed by atoms with Crippen LogP contribution in [0.15, 0.2) is 0 Å². The molecule has 2 unspecified atom stereocenters. The predicted octanol–water partition coefficient (Wildman–Crippen LogP) is 6.62. The largest absolute Gasteiger partial charge is 2.00 e. The first-order chi connectivity index (χ1) is 13.2. The average Bonchev–Trinajstić information content (AvgIpc) is 2.65. The second-order valence-electron chi connectivity index (χ2n) is 6.35. The molecule has 0 aliphatic rings. The van der Waals surface area contributed by atoms with Crippen LogP contribution in [-0.4, -0.2) is 24.7 Å². The molecule has 0 saturated carbocycles. The maximum Gasteiger partial charge on any atom is 2.00 e. The maximum absolute atomic E-state index is 11.6. The van der Waals surface area contributed by atoms with Gasteiger partial charge in [-0.2, -0.15) is 0 Å². The molecule has 0 spiro atoms. The third-order valence-electron chi connectivity index (χ3n) is 3.40. The number of hydrogen-bond donors (Lipinski definition) is 0. The van der Waals surface area contributed by atoms with Crippen LogP contribution in [0.3, 0.4) is 0 Å². The molecule has 2 atom stereocenters. The summed E-state index contributed by atoms with van der Waals surface area (Å²) in [7, 11) is 0. The average molecular weight is 576 g/mol. The molecule has 0 radical (unpaired) electrons. The Morgan fingerprint density at radius 1 is 0.621 bits per heavy atom. The molecule has 0 aromatic carbocycles. The zero-order chi connectivity index (χ0) is 21.7. The van der Waals surface area contributed by atoms with Gasteiger partial charge in [0.2, 0.25) is 0 Å². The summed E-state index contributed by atoms with van der Waals surface area (Å²) in [6, 6.07) is 0. The van der Waals surface area contributed by atoms with E-state index in [1.54, 1.807) is 0 Å². The van der Waals surface area contributed by atoms with Crippen molar-refractivity contribution in [2.24, 2.45) is 0 Å². The molecule has 0 amide bonds. The maximum atomic E-state index is 11.6. The summed E-state index contributed by atoms with van der Waals surface area (Å²) < 4.78 is 10.4. The summed E-state index contributed by atoms with van der Waals surface area (Å²) in [6.45, 7) is 9.52. The van der Waals surface area contributed by atoms with Gasteiger partial charge in [0.1, 0.15) is 0 Å². The van der Waals surface area contributed by atoms with E-state index >= 15 is 0 Å². The molecular formula is C18H40O4P2S4Zn. The molecule has 0 heterocycles. The van der Waals surface area contributed by atoms with Crippen LogP contribution < -0.4 is 9.79 Å². The summed E-state index contributed by atoms with van der Waals surface area (Å²) in [6.07, 6.45) is 11.1. The second-order valence-corrected chi connectivity index (χ2v) is 18.7. The first-order valence-corrected chi connectivity index (χ1v) is 18.9. The van der Waals surface area contributed by atoms with Crippen LogP contribution in [0.5, 0.6) is 0 Å². The fraction of sp³-hybridized carbons (Fsp3) is 1.00. The Morgan fingerprint density at radius 3 is 1.24 bits per heavy atom. The van der Waals surface area contributed by atoms with E-state index in [0.29, 0.717) is 13.2 Å². The van der Waals surface area contributed by atoms with Gasteiger partial charge in [0.15, 0.2) is 0 Å². The first kappa shape index (κ1) is 36.0. The van der Waals surface area contributed by atoms with Gasteiger partial charge in [0.25, 0.3) is 0 Å². The van der Waals surface area contributed by atoms with Crippen LogP contribution in [0.25, 0.3) is 0 Å². The third kappa shape index (κ3) is 30.5. The van der Waals surface area contributed by atoms with Crippen molar-refractivity contribution in [3.05, 3.63) is 0 Å². The molecule has 11 heteroatoms. The van der Waals surface area contributed by atoms with Gasteiger partial charge in [-0.1, -0.05) is 89.8 Å². The first-order valence-electron chi connectivity index (χ1n) is 10.4. The van der Waals surface area contributed by atoms with E-state index in [2.05, 4.69) is 13.8 Å². The van der Waals surface area contributed by atoms with Crippen LogP contribution in [0.1, 0.15) is 91.9 Å². The van der Waals surface area contributed by atoms with Crippen LogP contribution in [0.2, 0.25) is 0 Å². The Balaban J connectivity index is -0.000000451. The van der Waals surface area contributed by atoms with Crippen molar-refractivity contribution >= 4 is 57.8 Å². The summed E-state index contributed by atoms with van der Waals surface area (Å²) in [4.78, 5) is 23.1. The monoisotopic (exact) mass is 574 g/mol. The molecule has 0 saturated heterocycles. The van der Waals surface area contributed by atoms with E-state index in [0.717, 1.165) is 50.0 Å². The van der Waals surface area contributed by atoms with Gasteiger partial charge in [-0.15, -0.1) is 22.8 Å². The minimum absolute atomic E-state index is 0. The Bertz CT molecular complexity index is 397. The topological polar surface area (TPSA) is 64.6 Å². The van der Waals surface area contributed by atoms with E-state index in [4.69, 9.17) is 32.7 Å². The SMILES string of the molecule is CCCCCCOP([O-])(=S)SCCC.CCCCCCOP([O-])(=S)SCCC.[Zn+2]. The molecular weight excluding hydrogens is 536 g/mol. The van der Waals surface area contributed by atoms with Crippen molar-refractivity contribution in [3.63, 3.8) is 0 Å². The molecule has 0 aliphatic heterocycles. The number of unbranched alkanes of at least 4 members (excludes halogenated alkanes) is 6. The van der Waals surface area contributed by atoms with E-state index < -0.39 is 11.4 Å². The molecule has 0 fully saturated rings. The summed E-state index contributed by atoms with van der Waals surface area (Å²) >= 11 is 12.3. The van der Waals surface area contributed by atoms with Crippen molar-refractivity contribution in [2.75, 3.05) is 24.7 Å². The molecule has 0 rings (SSSR count). The van der Waals surface area contributed by atoms with Gasteiger partial charge in [-0.3, -0.25) is 0 Å². The van der Waals surface area contributed by atoms with Crippen molar-refractivity contribution in [2.45, 2.75) is 91.9 Å². The quantitative estimate of drug-likeness (QED) is 0.103. The van der Waals surface area contributed by atoms with Crippen LogP contribution >= 0.6 is 34.2 Å². The standard InChI is InChI=1S/2C9H21O2PS2.Zn/c2*1-3-5-6-7-8-11-12(10,13)14-9-4-2;/h2*3-9H2,1-2H3,(H,10,13);/q;;+2/p-2. The van der Waals surface area contributed by atoms with Crippen molar-refractivity contribution < 1.29 is 38.3 Å². The zero-order valence-electron chi connectivity index (χ0n) is 18.8. The van der Waals surface area contributed by atoms with Gasteiger partial charge in [-0.05, 0) is 37.2 Å². The van der Waals surface area contributed by atoms with Gasteiger partial charge in [0.05, 0.1) is 13.2 Å². The van der Waals surface area contributed by atoms with E-state index in [1.165, 1.54) is 48.4 Å². The van der Waals surface area contributed by atoms with E-state index in [-0.39, 0.29) is 19.5 Å². The predicted molar refractivity (Wildman–Crippen MR) is 134 cm³/mol. The van der Waals surface area contributed by atoms with Gasteiger partial charge < -0.3 is 18.8 Å². The van der Waals surface area contributed by atoms with Crippen LogP contribution in [0.4, 0.5) is 0 Å². The van der Waals surface area contributed by atoms with Gasteiger partial charge >= 0.3 is 19.5 Å². The normalized spacial score (nSPS) is 14.8. The van der Waals surface area contributed by atoms with E-state index in [1.807, 2.05) is 13.8 Å². The van der Waals surface area contributed by atoms with Crippen molar-refractivity contribution in [3.8, 4) is 0 Å². The molecule has 0 aromatic rings. The zero-order valence-corrected chi connectivity index (χ0v) is 26.8. The summed E-state index contributed by atoms with van der Waals surface area (Å²) in [5.74, 6) is 1.66. The Hall–Kier alpha value is 2.46. The van der Waals surface area contributed by atoms with E-state index in [9.17, 15) is 9.79 Å². The molecule has 29 heavy (non-hydrogen) atoms. The Labute approximate surface area is 211 Å². The Morgan fingerprint density at radius 2 is 0.966 bits per heavy atom. The molecule has 0 N–H and O–H groups in total.